The van der Waals surface area contributed by atoms with Crippen LogP contribution in [-0.4, -0.2) is 65.3 Å². The van der Waals surface area contributed by atoms with Crippen molar-refractivity contribution in [2.24, 2.45) is 5.92 Å². The van der Waals surface area contributed by atoms with Crippen LogP contribution in [0.3, 0.4) is 0 Å². The monoisotopic (exact) mass is 587 g/mol. The molecule has 0 aromatic heterocycles. The van der Waals surface area contributed by atoms with Gasteiger partial charge in [-0.1, -0.05) is 49.1 Å². The molecule has 2 heterocycles. The molecule has 2 N–H and O–H groups in total. The van der Waals surface area contributed by atoms with Crippen LogP contribution in [0.25, 0.3) is 0 Å². The fraction of sp³-hybridized carbons (Fsp3) is 0.548. The van der Waals surface area contributed by atoms with E-state index in [9.17, 15) is 14.7 Å². The van der Waals surface area contributed by atoms with E-state index in [4.69, 9.17) is 16.3 Å². The first-order valence-electron chi connectivity index (χ1n) is 14.7. The Kier molecular flexibility index (Phi) is 9.18. The molecule has 2 atom stereocenters. The van der Waals surface area contributed by atoms with Gasteiger partial charge in [0, 0.05) is 28.2 Å². The van der Waals surface area contributed by atoms with Gasteiger partial charge in [0.2, 0.25) is 0 Å². The van der Waals surface area contributed by atoms with Crippen molar-refractivity contribution in [3.63, 3.8) is 0 Å². The van der Waals surface area contributed by atoms with Gasteiger partial charge in [0.25, 0.3) is 0 Å². The molecule has 0 radical (unpaired) electrons. The number of nitrogens with one attached hydrogen (secondary N) is 1. The van der Waals surface area contributed by atoms with E-state index in [1.54, 1.807) is 6.92 Å². The lowest BCUT2D eigenvalue weighted by molar-refractivity contribution is -0.139. The van der Waals surface area contributed by atoms with Crippen LogP contribution in [0.4, 0.5) is 16.2 Å². The fourth-order valence-electron chi connectivity index (χ4n) is 6.72. The Morgan fingerprint density at radius 1 is 1.12 bits per heavy atom. The molecule has 2 aliphatic heterocycles. The molecule has 0 bridgehead atoms. The molecule has 1 spiro atoms. The first-order chi connectivity index (χ1) is 19.3. The highest BCUT2D eigenvalue weighted by Gasteiger charge is 2.47. The maximum absolute atomic E-state index is 11.9. The third-order valence-corrected chi connectivity index (χ3v) is 13.8. The number of carbonyl (C=O) groups is 2. The van der Waals surface area contributed by atoms with E-state index in [1.165, 1.54) is 66.3 Å². The Morgan fingerprint density at radius 2 is 1.85 bits per heavy atom. The van der Waals surface area contributed by atoms with Crippen LogP contribution in [-0.2, 0) is 16.0 Å². The summed E-state index contributed by atoms with van der Waals surface area (Å²) < 4.78 is 7.69. The second-order valence-electron chi connectivity index (χ2n) is 11.3. The van der Waals surface area contributed by atoms with Crippen LogP contribution in [0.15, 0.2) is 47.4 Å². The number of carboxylic acid groups (broad SMARTS) is 1. The summed E-state index contributed by atoms with van der Waals surface area (Å²) in [6, 6.07) is 14.5. The molecule has 1 saturated heterocycles. The number of likely N-dealkylation sites (N-methyl/N-ethyl adjacent to an activating group) is 1. The van der Waals surface area contributed by atoms with Gasteiger partial charge in [-0.05, 0) is 93.3 Å². The largest absolute Gasteiger partial charge is 0.480 e. The minimum absolute atomic E-state index is 0.187. The number of halogens is 1. The Labute approximate surface area is 244 Å². The number of ether oxygens (including phenoxy) is 1. The number of hydrogen-bond acceptors (Lipinski definition) is 5. The number of carboxylic acids is 1. The van der Waals surface area contributed by atoms with E-state index in [0.717, 1.165) is 12.1 Å². The summed E-state index contributed by atoms with van der Waals surface area (Å²) in [5.41, 5.74) is 3.31. The van der Waals surface area contributed by atoms with E-state index in [-0.39, 0.29) is 13.0 Å². The van der Waals surface area contributed by atoms with Crippen LogP contribution in [0.1, 0.15) is 57.4 Å². The van der Waals surface area contributed by atoms with E-state index >= 15 is 0 Å². The van der Waals surface area contributed by atoms with Crippen molar-refractivity contribution < 1.29 is 19.4 Å². The van der Waals surface area contributed by atoms with Crippen molar-refractivity contribution in [1.29, 1.82) is 0 Å². The number of para-hydroxylation sites is 1. The molecule has 1 unspecified atom stereocenters. The lowest BCUT2D eigenvalue weighted by Gasteiger charge is -2.57. The van der Waals surface area contributed by atoms with Gasteiger partial charge in [0.1, 0.15) is 6.04 Å². The highest BCUT2D eigenvalue weighted by molar-refractivity contribution is 8.33. The predicted octanol–water partition coefficient (Wildman–Crippen LogP) is 6.99. The number of amides is 1. The maximum Gasteiger partial charge on any atom is 0.407 e. The first kappa shape index (κ1) is 29.1. The normalized spacial score (nSPS) is 22.5. The molecule has 3 aliphatic rings. The van der Waals surface area contributed by atoms with E-state index in [1.807, 2.05) is 0 Å². The number of nitrogens with zero attached hydrogens (tertiary/aromatic N) is 2. The second-order valence-corrected chi connectivity index (χ2v) is 15.2. The van der Waals surface area contributed by atoms with Crippen molar-refractivity contribution in [2.75, 3.05) is 36.6 Å². The first-order valence-corrected chi connectivity index (χ1v) is 17.0. The van der Waals surface area contributed by atoms with Crippen molar-refractivity contribution in [3.05, 3.63) is 53.1 Å². The molecule has 218 valence electrons. The molecule has 5 rings (SSSR count). The predicted molar refractivity (Wildman–Crippen MR) is 163 cm³/mol. The molecule has 1 saturated carbocycles. The van der Waals surface area contributed by atoms with Crippen LogP contribution in [0.2, 0.25) is 5.02 Å². The SMILES string of the molecule is CCOC(=O)NC(CCc1cc2c(cc1Cl)N(c1ccccc1)C[C@@H](C1CCCCC1)N(C)S21CCC1)C(=O)O. The molecule has 9 heteroatoms. The molecule has 1 aliphatic carbocycles. The average molecular weight is 588 g/mol. The number of carbonyl (C=O) groups excluding carboxylic acids is 1. The van der Waals surface area contributed by atoms with E-state index in [0.29, 0.717) is 23.4 Å². The van der Waals surface area contributed by atoms with E-state index in [2.05, 4.69) is 64.0 Å². The summed E-state index contributed by atoms with van der Waals surface area (Å²) in [6.07, 6.45) is 7.75. The smallest absolute Gasteiger partial charge is 0.407 e. The Morgan fingerprint density at radius 3 is 2.48 bits per heavy atom. The number of fused-ring (bicyclic) bond motifs is 2. The number of rotatable bonds is 8. The zero-order valence-corrected chi connectivity index (χ0v) is 25.2. The van der Waals surface area contributed by atoms with E-state index < -0.39 is 28.3 Å². The highest BCUT2D eigenvalue weighted by Crippen LogP contribution is 2.70. The summed E-state index contributed by atoms with van der Waals surface area (Å²) in [4.78, 5) is 27.7. The standard InChI is InChI=1S/C31H42ClN3O4S/c1-3-39-31(38)33-26(30(36)37)16-15-23-19-29-27(20-25(23)32)35(24-13-8-5-9-14-24)21-28(22-11-6-4-7-12-22)34(2)40(29)17-10-18-40/h5,8-9,13-14,19-20,22,26,28H,3-4,6-7,10-12,15-18,21H2,1-2H3,(H,33,38)(H,36,37)/t26?,28-/m0/s1. The molecular weight excluding hydrogens is 546 g/mol. The number of aliphatic carboxylic acids is 1. The van der Waals surface area contributed by atoms with Gasteiger partial charge in [-0.3, -0.25) is 4.31 Å². The number of anilines is 2. The number of benzene rings is 2. The average Bonchev–Trinajstić information content (AvgIpc) is 3.03. The van der Waals surface area contributed by atoms with Gasteiger partial charge in [0.15, 0.2) is 0 Å². The van der Waals surface area contributed by atoms with Crippen LogP contribution < -0.4 is 10.2 Å². The zero-order valence-electron chi connectivity index (χ0n) is 23.6. The third-order valence-electron chi connectivity index (χ3n) is 9.01. The summed E-state index contributed by atoms with van der Waals surface area (Å²) in [5, 5.41) is 12.9. The molecule has 2 aromatic rings. The number of alkyl carbamates (subject to hydrolysis) is 1. The fourth-order valence-corrected chi connectivity index (χ4v) is 10.8. The summed E-state index contributed by atoms with van der Waals surface area (Å²) in [7, 11) is 1.16. The summed E-state index contributed by atoms with van der Waals surface area (Å²) in [5.74, 6) is 1.98. The van der Waals surface area contributed by atoms with Gasteiger partial charge in [-0.15, -0.1) is 0 Å². The van der Waals surface area contributed by atoms with Crippen molar-refractivity contribution in [2.45, 2.75) is 75.3 Å². The lowest BCUT2D eigenvalue weighted by Crippen LogP contribution is -2.48. The van der Waals surface area contributed by atoms with Gasteiger partial charge < -0.3 is 20.1 Å². The van der Waals surface area contributed by atoms with Crippen molar-refractivity contribution in [3.8, 4) is 0 Å². The summed E-state index contributed by atoms with van der Waals surface area (Å²) in [6.45, 7) is 2.82. The molecule has 2 fully saturated rings. The lowest BCUT2D eigenvalue weighted by atomic mass is 9.83. The van der Waals surface area contributed by atoms with Gasteiger partial charge in [-0.25, -0.2) is 9.59 Å². The number of aryl methyl sites for hydroxylation is 1. The topological polar surface area (TPSA) is 82.1 Å². The molecule has 1 amide bonds. The third kappa shape index (κ3) is 5.81. The molecule has 7 nitrogen and oxygen atoms in total. The minimum Gasteiger partial charge on any atom is -0.480 e. The Bertz CT molecular complexity index is 1200. The van der Waals surface area contributed by atoms with Crippen LogP contribution >= 0.6 is 21.8 Å². The molecular formula is C31H42ClN3O4S. The van der Waals surface area contributed by atoms with Crippen molar-refractivity contribution >= 4 is 45.3 Å². The maximum atomic E-state index is 11.9. The second kappa shape index (κ2) is 12.6. The highest BCUT2D eigenvalue weighted by atomic mass is 35.5. The Balaban J connectivity index is 1.52. The molecule has 40 heavy (non-hydrogen) atoms. The van der Waals surface area contributed by atoms with Gasteiger partial charge in [0.05, 0.1) is 12.3 Å². The van der Waals surface area contributed by atoms with Crippen molar-refractivity contribution in [1.82, 2.24) is 9.62 Å². The number of hydrogen-bond donors (Lipinski definition) is 2. The Hall–Kier alpha value is -2.42. The minimum atomic E-state index is -1.20. The van der Waals surface area contributed by atoms with Crippen LogP contribution in [0, 0.1) is 5.92 Å². The van der Waals surface area contributed by atoms with Gasteiger partial charge >= 0.3 is 12.1 Å². The molecule has 2 aromatic carbocycles. The quantitative estimate of drug-likeness (QED) is 0.346. The summed E-state index contributed by atoms with van der Waals surface area (Å²) >= 11 is 6.97. The van der Waals surface area contributed by atoms with Gasteiger partial charge in [-0.2, -0.15) is 10.2 Å². The van der Waals surface area contributed by atoms with Crippen LogP contribution in [0.5, 0.6) is 0 Å². The zero-order chi connectivity index (χ0) is 28.3.